The molecule has 0 bridgehead atoms. The summed E-state index contributed by atoms with van der Waals surface area (Å²) in [6.45, 7) is 3.28. The first-order valence-electron chi connectivity index (χ1n) is 7.19. The highest BCUT2D eigenvalue weighted by atomic mass is 19.1. The number of benzene rings is 1. The van der Waals surface area contributed by atoms with Crippen LogP contribution in [0.15, 0.2) is 18.2 Å². The molecule has 0 heterocycles. The molecule has 20 heavy (non-hydrogen) atoms. The Morgan fingerprint density at radius 2 is 2.15 bits per heavy atom. The molecular weight excluding hydrogens is 257 g/mol. The highest BCUT2D eigenvalue weighted by molar-refractivity contribution is 5.95. The largest absolute Gasteiger partial charge is 0.397 e. The molecule has 1 aromatic rings. The van der Waals surface area contributed by atoms with Gasteiger partial charge in [-0.25, -0.2) is 4.39 Å². The Labute approximate surface area is 119 Å². The number of amides is 1. The minimum atomic E-state index is -0.401. The zero-order valence-corrected chi connectivity index (χ0v) is 11.9. The number of carbonyl (C=O) groups excluding carboxylic acids is 1. The van der Waals surface area contributed by atoms with E-state index in [4.69, 9.17) is 5.73 Å². The summed E-state index contributed by atoms with van der Waals surface area (Å²) in [6, 6.07) is 4.51. The first kappa shape index (κ1) is 14.8. The van der Waals surface area contributed by atoms with Crippen LogP contribution >= 0.6 is 0 Å². The summed E-state index contributed by atoms with van der Waals surface area (Å²) in [4.78, 5) is 14.3. The summed E-state index contributed by atoms with van der Waals surface area (Å²) in [7, 11) is 0. The maximum absolute atomic E-state index is 13.0. The van der Waals surface area contributed by atoms with Gasteiger partial charge in [-0.1, -0.05) is 19.8 Å². The smallest absolute Gasteiger partial charge is 0.238 e. The monoisotopic (exact) mass is 279 g/mol. The lowest BCUT2D eigenvalue weighted by Gasteiger charge is -2.26. The van der Waals surface area contributed by atoms with Crippen molar-refractivity contribution in [2.75, 3.05) is 24.1 Å². The summed E-state index contributed by atoms with van der Waals surface area (Å²) in [6.07, 6.45) is 4.82. The minimum absolute atomic E-state index is 0.0999. The number of hydrogen-bond acceptors (Lipinski definition) is 3. The zero-order chi connectivity index (χ0) is 14.5. The Balaban J connectivity index is 1.93. The van der Waals surface area contributed by atoms with E-state index < -0.39 is 5.82 Å². The fourth-order valence-electron chi connectivity index (χ4n) is 2.79. The topological polar surface area (TPSA) is 58.4 Å². The fraction of sp³-hybridized carbons (Fsp3) is 0.533. The van der Waals surface area contributed by atoms with Crippen molar-refractivity contribution in [3.8, 4) is 0 Å². The van der Waals surface area contributed by atoms with Gasteiger partial charge in [0.15, 0.2) is 0 Å². The van der Waals surface area contributed by atoms with E-state index in [2.05, 4.69) is 17.1 Å². The van der Waals surface area contributed by atoms with Crippen molar-refractivity contribution in [2.45, 2.75) is 38.6 Å². The molecule has 0 radical (unpaired) electrons. The van der Waals surface area contributed by atoms with Crippen LogP contribution in [0.25, 0.3) is 0 Å². The van der Waals surface area contributed by atoms with Gasteiger partial charge in [-0.15, -0.1) is 0 Å². The van der Waals surface area contributed by atoms with Crippen LogP contribution in [0.5, 0.6) is 0 Å². The third kappa shape index (κ3) is 3.70. The van der Waals surface area contributed by atoms with Crippen LogP contribution in [-0.4, -0.2) is 29.9 Å². The molecule has 1 fully saturated rings. The lowest BCUT2D eigenvalue weighted by Crippen LogP contribution is -2.39. The number of halogens is 1. The van der Waals surface area contributed by atoms with E-state index in [1.54, 1.807) is 0 Å². The van der Waals surface area contributed by atoms with Gasteiger partial charge in [0.05, 0.1) is 17.9 Å². The first-order chi connectivity index (χ1) is 9.60. The van der Waals surface area contributed by atoms with E-state index in [1.807, 2.05) is 0 Å². The Morgan fingerprint density at radius 1 is 1.45 bits per heavy atom. The number of rotatable bonds is 5. The Morgan fingerprint density at radius 3 is 2.75 bits per heavy atom. The van der Waals surface area contributed by atoms with Gasteiger partial charge in [0.25, 0.3) is 0 Å². The van der Waals surface area contributed by atoms with Crippen LogP contribution in [0, 0.1) is 5.82 Å². The van der Waals surface area contributed by atoms with Gasteiger partial charge >= 0.3 is 0 Å². The quantitative estimate of drug-likeness (QED) is 0.815. The van der Waals surface area contributed by atoms with Gasteiger partial charge in [-0.05, 0) is 37.6 Å². The molecule has 0 saturated heterocycles. The number of nitrogen functional groups attached to an aromatic ring is 1. The van der Waals surface area contributed by atoms with E-state index in [0.717, 1.165) is 6.54 Å². The van der Waals surface area contributed by atoms with Crippen LogP contribution < -0.4 is 11.1 Å². The normalized spacial score (nSPS) is 15.8. The molecule has 110 valence electrons. The average molecular weight is 279 g/mol. The van der Waals surface area contributed by atoms with Crippen LogP contribution in [0.4, 0.5) is 15.8 Å². The van der Waals surface area contributed by atoms with Gasteiger partial charge in [-0.2, -0.15) is 0 Å². The van der Waals surface area contributed by atoms with Crippen molar-refractivity contribution in [3.05, 3.63) is 24.0 Å². The van der Waals surface area contributed by atoms with Gasteiger partial charge in [0, 0.05) is 6.04 Å². The number of nitrogens with zero attached hydrogens (tertiary/aromatic N) is 1. The summed E-state index contributed by atoms with van der Waals surface area (Å²) < 4.78 is 13.0. The van der Waals surface area contributed by atoms with Crippen molar-refractivity contribution in [3.63, 3.8) is 0 Å². The highest BCUT2D eigenvalue weighted by Crippen LogP contribution is 2.23. The van der Waals surface area contributed by atoms with E-state index in [0.29, 0.717) is 18.3 Å². The third-order valence-electron chi connectivity index (χ3n) is 3.88. The van der Waals surface area contributed by atoms with Crippen molar-refractivity contribution >= 4 is 17.3 Å². The third-order valence-corrected chi connectivity index (χ3v) is 3.88. The van der Waals surface area contributed by atoms with Crippen molar-refractivity contribution < 1.29 is 9.18 Å². The van der Waals surface area contributed by atoms with E-state index in [1.165, 1.54) is 43.9 Å². The summed E-state index contributed by atoms with van der Waals surface area (Å²) in [5, 5.41) is 2.75. The molecule has 0 aliphatic heterocycles. The SMILES string of the molecule is CCN(CC(=O)Nc1ccc(F)cc1N)C1CCCC1. The van der Waals surface area contributed by atoms with Crippen molar-refractivity contribution in [2.24, 2.45) is 0 Å². The summed E-state index contributed by atoms with van der Waals surface area (Å²) >= 11 is 0. The molecule has 0 unspecified atom stereocenters. The predicted octanol–water partition coefficient (Wildman–Crippen LogP) is 2.61. The molecule has 1 saturated carbocycles. The highest BCUT2D eigenvalue weighted by Gasteiger charge is 2.23. The second kappa shape index (κ2) is 6.70. The number of anilines is 2. The lowest BCUT2D eigenvalue weighted by molar-refractivity contribution is -0.117. The Hall–Kier alpha value is -1.62. The van der Waals surface area contributed by atoms with Crippen LogP contribution in [0.1, 0.15) is 32.6 Å². The Bertz CT molecular complexity index is 472. The molecule has 4 nitrogen and oxygen atoms in total. The molecule has 2 rings (SSSR count). The average Bonchev–Trinajstić information content (AvgIpc) is 2.93. The number of hydrogen-bond donors (Lipinski definition) is 2. The van der Waals surface area contributed by atoms with E-state index >= 15 is 0 Å². The second-order valence-corrected chi connectivity index (χ2v) is 5.28. The predicted molar refractivity (Wildman–Crippen MR) is 78.9 cm³/mol. The standard InChI is InChI=1S/C15H22FN3O/c1-2-19(12-5-3-4-6-12)10-15(20)18-14-8-7-11(16)9-13(14)17/h7-9,12H,2-6,10,17H2,1H3,(H,18,20). The van der Waals surface area contributed by atoms with E-state index in [-0.39, 0.29) is 11.6 Å². The van der Waals surface area contributed by atoms with Crippen molar-refractivity contribution in [1.29, 1.82) is 0 Å². The van der Waals surface area contributed by atoms with Crippen LogP contribution in [0.3, 0.4) is 0 Å². The van der Waals surface area contributed by atoms with Crippen LogP contribution in [0.2, 0.25) is 0 Å². The fourth-order valence-corrected chi connectivity index (χ4v) is 2.79. The summed E-state index contributed by atoms with van der Waals surface area (Å²) in [5.74, 6) is -0.501. The second-order valence-electron chi connectivity index (χ2n) is 5.28. The first-order valence-corrected chi connectivity index (χ1v) is 7.19. The van der Waals surface area contributed by atoms with Gasteiger partial charge in [0.2, 0.25) is 5.91 Å². The molecule has 0 atom stereocenters. The molecule has 1 aliphatic carbocycles. The molecular formula is C15H22FN3O. The number of carbonyl (C=O) groups is 1. The molecule has 0 aromatic heterocycles. The van der Waals surface area contributed by atoms with Crippen molar-refractivity contribution in [1.82, 2.24) is 4.90 Å². The van der Waals surface area contributed by atoms with E-state index in [9.17, 15) is 9.18 Å². The molecule has 1 aromatic carbocycles. The molecule has 5 heteroatoms. The maximum atomic E-state index is 13.0. The number of nitrogens with one attached hydrogen (secondary N) is 1. The molecule has 1 amide bonds. The molecule has 3 N–H and O–H groups in total. The van der Waals surface area contributed by atoms with Gasteiger partial charge in [-0.3, -0.25) is 9.69 Å². The summed E-state index contributed by atoms with van der Waals surface area (Å²) in [5.41, 5.74) is 6.41. The van der Waals surface area contributed by atoms with Gasteiger partial charge < -0.3 is 11.1 Å². The number of likely N-dealkylation sites (N-methyl/N-ethyl adjacent to an activating group) is 1. The molecule has 0 spiro atoms. The Kier molecular flexibility index (Phi) is 4.95. The lowest BCUT2D eigenvalue weighted by atomic mass is 10.2. The molecule has 1 aliphatic rings. The van der Waals surface area contributed by atoms with Gasteiger partial charge in [0.1, 0.15) is 5.82 Å². The zero-order valence-electron chi connectivity index (χ0n) is 11.9. The number of nitrogens with two attached hydrogens (primary N) is 1. The van der Waals surface area contributed by atoms with Crippen LogP contribution in [-0.2, 0) is 4.79 Å². The maximum Gasteiger partial charge on any atom is 0.238 e. The minimum Gasteiger partial charge on any atom is -0.397 e.